The fourth-order valence-electron chi connectivity index (χ4n) is 1.42. The van der Waals surface area contributed by atoms with E-state index >= 15 is 0 Å². The Bertz CT molecular complexity index is 383. The Balaban J connectivity index is 3.11. The molecule has 1 aromatic rings. The number of methoxy groups -OCH3 is 1. The standard InChI is InChI=1S/C12H16N2O/c1-9-6-10(4-5-12(9)15-3)11(7-13)8-14-2/h4-8,13-14H,1-3H3/b11-8+,13-7?. The lowest BCUT2D eigenvalue weighted by Gasteiger charge is -2.07. The quantitative estimate of drug-likeness (QED) is 0.738. The molecular weight excluding hydrogens is 188 g/mol. The predicted molar refractivity (Wildman–Crippen MR) is 63.6 cm³/mol. The van der Waals surface area contributed by atoms with Gasteiger partial charge in [0.15, 0.2) is 0 Å². The molecule has 0 spiro atoms. The minimum absolute atomic E-state index is 0.850. The molecule has 0 heterocycles. The second-order valence-corrected chi connectivity index (χ2v) is 3.22. The summed E-state index contributed by atoms with van der Waals surface area (Å²) in [7, 11) is 3.48. The molecule has 0 amide bonds. The SMILES string of the molecule is CN/C=C(\C=N)c1ccc(OC)c(C)c1. The van der Waals surface area contributed by atoms with Gasteiger partial charge in [-0.05, 0) is 30.2 Å². The molecular formula is C12H16N2O. The Morgan fingerprint density at radius 3 is 2.67 bits per heavy atom. The van der Waals surface area contributed by atoms with Crippen LogP contribution in [-0.4, -0.2) is 20.4 Å². The van der Waals surface area contributed by atoms with Crippen LogP contribution >= 0.6 is 0 Å². The van der Waals surface area contributed by atoms with Gasteiger partial charge in [-0.2, -0.15) is 0 Å². The molecule has 0 bridgehead atoms. The zero-order valence-electron chi connectivity index (χ0n) is 9.29. The van der Waals surface area contributed by atoms with Gasteiger partial charge >= 0.3 is 0 Å². The van der Waals surface area contributed by atoms with Crippen LogP contribution in [0.25, 0.3) is 5.57 Å². The highest BCUT2D eigenvalue weighted by atomic mass is 16.5. The first kappa shape index (κ1) is 11.3. The molecule has 0 saturated heterocycles. The molecule has 80 valence electrons. The van der Waals surface area contributed by atoms with Gasteiger partial charge < -0.3 is 15.5 Å². The lowest BCUT2D eigenvalue weighted by molar-refractivity contribution is 0.411. The first-order valence-corrected chi connectivity index (χ1v) is 4.76. The van der Waals surface area contributed by atoms with Crippen molar-refractivity contribution in [2.24, 2.45) is 0 Å². The first-order chi connectivity index (χ1) is 7.22. The summed E-state index contributed by atoms with van der Waals surface area (Å²) in [4.78, 5) is 0. The van der Waals surface area contributed by atoms with Crippen molar-refractivity contribution in [3.05, 3.63) is 35.5 Å². The van der Waals surface area contributed by atoms with Crippen LogP contribution in [0.15, 0.2) is 24.4 Å². The largest absolute Gasteiger partial charge is 0.496 e. The number of nitrogens with one attached hydrogen (secondary N) is 2. The Hall–Kier alpha value is -1.77. The Morgan fingerprint density at radius 2 is 2.20 bits per heavy atom. The van der Waals surface area contributed by atoms with E-state index in [1.807, 2.05) is 32.2 Å². The van der Waals surface area contributed by atoms with Crippen molar-refractivity contribution in [2.75, 3.05) is 14.2 Å². The number of hydrogen-bond donors (Lipinski definition) is 2. The van der Waals surface area contributed by atoms with Crippen molar-refractivity contribution in [1.82, 2.24) is 5.32 Å². The summed E-state index contributed by atoms with van der Waals surface area (Å²) < 4.78 is 5.18. The van der Waals surface area contributed by atoms with Gasteiger partial charge in [-0.1, -0.05) is 6.07 Å². The van der Waals surface area contributed by atoms with E-state index in [0.29, 0.717) is 0 Å². The summed E-state index contributed by atoms with van der Waals surface area (Å²) in [6.45, 7) is 1.99. The van der Waals surface area contributed by atoms with E-state index in [0.717, 1.165) is 22.4 Å². The molecule has 1 aromatic carbocycles. The highest BCUT2D eigenvalue weighted by Gasteiger charge is 2.02. The van der Waals surface area contributed by atoms with E-state index < -0.39 is 0 Å². The smallest absolute Gasteiger partial charge is 0.121 e. The van der Waals surface area contributed by atoms with E-state index in [9.17, 15) is 0 Å². The number of allylic oxidation sites excluding steroid dienone is 1. The second kappa shape index (κ2) is 5.20. The van der Waals surface area contributed by atoms with E-state index in [4.69, 9.17) is 10.1 Å². The number of rotatable bonds is 4. The first-order valence-electron chi connectivity index (χ1n) is 4.76. The summed E-state index contributed by atoms with van der Waals surface area (Å²) in [6.07, 6.45) is 3.13. The van der Waals surface area contributed by atoms with E-state index in [1.165, 1.54) is 6.21 Å². The third-order valence-electron chi connectivity index (χ3n) is 2.18. The molecule has 0 aliphatic rings. The monoisotopic (exact) mass is 204 g/mol. The maximum absolute atomic E-state index is 7.31. The third kappa shape index (κ3) is 2.59. The van der Waals surface area contributed by atoms with Crippen molar-refractivity contribution in [3.63, 3.8) is 0 Å². The fraction of sp³-hybridized carbons (Fsp3) is 0.250. The van der Waals surface area contributed by atoms with Crippen molar-refractivity contribution < 1.29 is 4.74 Å². The topological polar surface area (TPSA) is 45.1 Å². The summed E-state index contributed by atoms with van der Waals surface area (Å²) in [6, 6.07) is 5.87. The third-order valence-corrected chi connectivity index (χ3v) is 2.18. The van der Waals surface area contributed by atoms with Crippen molar-refractivity contribution in [1.29, 1.82) is 5.41 Å². The Kier molecular flexibility index (Phi) is 3.92. The molecule has 1 rings (SSSR count). The van der Waals surface area contributed by atoms with Crippen LogP contribution in [0.1, 0.15) is 11.1 Å². The van der Waals surface area contributed by atoms with Gasteiger partial charge in [0.25, 0.3) is 0 Å². The van der Waals surface area contributed by atoms with E-state index in [-0.39, 0.29) is 0 Å². The molecule has 0 aromatic heterocycles. The van der Waals surface area contributed by atoms with Crippen molar-refractivity contribution >= 4 is 11.8 Å². The van der Waals surface area contributed by atoms with Gasteiger partial charge in [-0.25, -0.2) is 0 Å². The van der Waals surface area contributed by atoms with Crippen LogP contribution in [0.4, 0.5) is 0 Å². The van der Waals surface area contributed by atoms with Crippen LogP contribution in [0.3, 0.4) is 0 Å². The predicted octanol–water partition coefficient (Wildman–Crippen LogP) is 2.21. The minimum atomic E-state index is 0.850. The van der Waals surface area contributed by atoms with Crippen LogP contribution in [0, 0.1) is 12.3 Å². The lowest BCUT2D eigenvalue weighted by atomic mass is 10.0. The second-order valence-electron chi connectivity index (χ2n) is 3.22. The number of aryl methyl sites for hydroxylation is 1. The molecule has 0 aliphatic heterocycles. The normalized spacial score (nSPS) is 11.0. The van der Waals surface area contributed by atoms with Crippen molar-refractivity contribution in [2.45, 2.75) is 6.92 Å². The van der Waals surface area contributed by atoms with E-state index in [2.05, 4.69) is 5.32 Å². The lowest BCUT2D eigenvalue weighted by Crippen LogP contribution is -1.97. The van der Waals surface area contributed by atoms with Gasteiger partial charge in [-0.3, -0.25) is 0 Å². The maximum atomic E-state index is 7.31. The zero-order valence-corrected chi connectivity index (χ0v) is 9.29. The molecule has 0 unspecified atom stereocenters. The summed E-state index contributed by atoms with van der Waals surface area (Å²) in [5.41, 5.74) is 2.93. The van der Waals surface area contributed by atoms with Crippen LogP contribution in [0.2, 0.25) is 0 Å². The summed E-state index contributed by atoms with van der Waals surface area (Å²) in [5.74, 6) is 0.868. The van der Waals surface area contributed by atoms with Gasteiger partial charge in [0.2, 0.25) is 0 Å². The van der Waals surface area contributed by atoms with Gasteiger partial charge in [-0.15, -0.1) is 0 Å². The average Bonchev–Trinajstić information content (AvgIpc) is 2.25. The van der Waals surface area contributed by atoms with Gasteiger partial charge in [0.05, 0.1) is 7.11 Å². The molecule has 0 fully saturated rings. The highest BCUT2D eigenvalue weighted by molar-refractivity contribution is 6.08. The average molecular weight is 204 g/mol. The fourth-order valence-corrected chi connectivity index (χ4v) is 1.42. The van der Waals surface area contributed by atoms with Gasteiger partial charge in [0.1, 0.15) is 5.75 Å². The summed E-state index contributed by atoms with van der Waals surface area (Å²) >= 11 is 0. The van der Waals surface area contributed by atoms with Crippen LogP contribution in [-0.2, 0) is 0 Å². The maximum Gasteiger partial charge on any atom is 0.121 e. The summed E-state index contributed by atoms with van der Waals surface area (Å²) in [5, 5.41) is 10.2. The Labute approximate surface area is 90.3 Å². The molecule has 0 radical (unpaired) electrons. The molecule has 0 saturated carbocycles. The van der Waals surface area contributed by atoms with Gasteiger partial charge in [0, 0.05) is 25.0 Å². The molecule has 3 heteroatoms. The highest BCUT2D eigenvalue weighted by Crippen LogP contribution is 2.21. The van der Waals surface area contributed by atoms with Crippen molar-refractivity contribution in [3.8, 4) is 5.75 Å². The molecule has 0 aliphatic carbocycles. The molecule has 3 nitrogen and oxygen atoms in total. The van der Waals surface area contributed by atoms with E-state index in [1.54, 1.807) is 13.3 Å². The number of ether oxygens (including phenoxy) is 1. The Morgan fingerprint density at radius 1 is 1.47 bits per heavy atom. The molecule has 0 atom stereocenters. The molecule has 15 heavy (non-hydrogen) atoms. The zero-order chi connectivity index (χ0) is 11.3. The van der Waals surface area contributed by atoms with Crippen LogP contribution in [0.5, 0.6) is 5.75 Å². The molecule has 2 N–H and O–H groups in total. The number of hydrogen-bond acceptors (Lipinski definition) is 3. The van der Waals surface area contributed by atoms with Crippen LogP contribution < -0.4 is 10.1 Å². The minimum Gasteiger partial charge on any atom is -0.496 e. The number of benzene rings is 1.